The maximum atomic E-state index is 5.52. The van der Waals surface area contributed by atoms with Crippen molar-refractivity contribution in [2.45, 2.75) is 19.4 Å². The molecule has 0 atom stereocenters. The largest absolute Gasteiger partial charge is 0.494 e. The molecule has 0 amide bonds. The van der Waals surface area contributed by atoms with Crippen molar-refractivity contribution < 1.29 is 4.74 Å². The van der Waals surface area contributed by atoms with E-state index in [2.05, 4.69) is 6.58 Å². The van der Waals surface area contributed by atoms with Crippen LogP contribution in [0.2, 0.25) is 0 Å². The van der Waals surface area contributed by atoms with Gasteiger partial charge in [0.05, 0.1) is 6.61 Å². The van der Waals surface area contributed by atoms with E-state index < -0.39 is 0 Å². The molecular formula is C12H17NO. The molecule has 2 N–H and O–H groups in total. The number of ether oxygens (including phenoxy) is 1. The number of hydrogen-bond donors (Lipinski definition) is 1. The first-order valence-electron chi connectivity index (χ1n) is 4.89. The summed E-state index contributed by atoms with van der Waals surface area (Å²) in [4.78, 5) is 0. The van der Waals surface area contributed by atoms with Crippen LogP contribution in [0.15, 0.2) is 36.9 Å². The third-order valence-electron chi connectivity index (χ3n) is 1.98. The zero-order chi connectivity index (χ0) is 10.2. The quantitative estimate of drug-likeness (QED) is 0.554. The summed E-state index contributed by atoms with van der Waals surface area (Å²) in [6.07, 6.45) is 3.92. The maximum Gasteiger partial charge on any atom is 0.119 e. The fourth-order valence-corrected chi connectivity index (χ4v) is 1.14. The van der Waals surface area contributed by atoms with E-state index in [9.17, 15) is 0 Å². The predicted octanol–water partition coefficient (Wildman–Crippen LogP) is 2.49. The molecule has 2 heteroatoms. The summed E-state index contributed by atoms with van der Waals surface area (Å²) in [6, 6.07) is 7.89. The van der Waals surface area contributed by atoms with Crippen molar-refractivity contribution in [3.05, 3.63) is 42.5 Å². The van der Waals surface area contributed by atoms with Crippen molar-refractivity contribution in [2.24, 2.45) is 5.73 Å². The Kier molecular flexibility index (Phi) is 4.79. The second-order valence-electron chi connectivity index (χ2n) is 3.13. The van der Waals surface area contributed by atoms with Crippen LogP contribution in [0.3, 0.4) is 0 Å². The van der Waals surface area contributed by atoms with Gasteiger partial charge in [0.15, 0.2) is 0 Å². The first kappa shape index (κ1) is 10.8. The van der Waals surface area contributed by atoms with Crippen molar-refractivity contribution in [3.8, 4) is 5.75 Å². The summed E-state index contributed by atoms with van der Waals surface area (Å²) in [5.74, 6) is 0.909. The predicted molar refractivity (Wildman–Crippen MR) is 59.3 cm³/mol. The van der Waals surface area contributed by atoms with Gasteiger partial charge in [-0.2, -0.15) is 0 Å². The van der Waals surface area contributed by atoms with Crippen LogP contribution in [-0.4, -0.2) is 6.61 Å². The van der Waals surface area contributed by atoms with Crippen LogP contribution in [0.1, 0.15) is 18.4 Å². The van der Waals surface area contributed by atoms with Gasteiger partial charge in [-0.25, -0.2) is 0 Å². The van der Waals surface area contributed by atoms with Gasteiger partial charge in [-0.1, -0.05) is 18.2 Å². The molecule has 0 aromatic heterocycles. The van der Waals surface area contributed by atoms with Crippen molar-refractivity contribution in [1.29, 1.82) is 0 Å². The van der Waals surface area contributed by atoms with Crippen molar-refractivity contribution >= 4 is 0 Å². The summed E-state index contributed by atoms with van der Waals surface area (Å²) in [5, 5.41) is 0. The molecule has 1 aromatic carbocycles. The van der Waals surface area contributed by atoms with Crippen LogP contribution in [0, 0.1) is 0 Å². The van der Waals surface area contributed by atoms with E-state index in [1.54, 1.807) is 0 Å². The molecule has 0 bridgehead atoms. The summed E-state index contributed by atoms with van der Waals surface area (Å²) < 4.78 is 5.52. The molecule has 0 fully saturated rings. The average molecular weight is 191 g/mol. The van der Waals surface area contributed by atoms with E-state index >= 15 is 0 Å². The first-order valence-corrected chi connectivity index (χ1v) is 4.89. The second kappa shape index (κ2) is 6.22. The third-order valence-corrected chi connectivity index (χ3v) is 1.98. The van der Waals surface area contributed by atoms with Gasteiger partial charge in [0.1, 0.15) is 5.75 Å². The molecule has 0 aliphatic rings. The van der Waals surface area contributed by atoms with E-state index in [4.69, 9.17) is 10.5 Å². The number of allylic oxidation sites excluding steroid dienone is 1. The van der Waals surface area contributed by atoms with Gasteiger partial charge in [0, 0.05) is 6.54 Å². The Balaban J connectivity index is 2.32. The lowest BCUT2D eigenvalue weighted by Gasteiger charge is -2.05. The number of hydrogen-bond acceptors (Lipinski definition) is 2. The highest BCUT2D eigenvalue weighted by Gasteiger charge is 1.93. The molecule has 1 rings (SSSR count). The van der Waals surface area contributed by atoms with Crippen molar-refractivity contribution in [3.63, 3.8) is 0 Å². The van der Waals surface area contributed by atoms with Gasteiger partial charge in [-0.05, 0) is 30.5 Å². The minimum atomic E-state index is 0.580. The van der Waals surface area contributed by atoms with Crippen LogP contribution in [0.4, 0.5) is 0 Å². The zero-order valence-corrected chi connectivity index (χ0v) is 8.41. The molecule has 2 nitrogen and oxygen atoms in total. The van der Waals surface area contributed by atoms with Crippen LogP contribution in [-0.2, 0) is 6.54 Å². The molecule has 0 aliphatic carbocycles. The third kappa shape index (κ3) is 3.62. The van der Waals surface area contributed by atoms with Gasteiger partial charge in [-0.15, -0.1) is 6.58 Å². The number of nitrogens with two attached hydrogens (primary N) is 1. The Morgan fingerprint density at radius 2 is 2.00 bits per heavy atom. The van der Waals surface area contributed by atoms with Gasteiger partial charge >= 0.3 is 0 Å². The maximum absolute atomic E-state index is 5.52. The zero-order valence-electron chi connectivity index (χ0n) is 8.41. The molecular weight excluding hydrogens is 174 g/mol. The number of rotatable bonds is 6. The SMILES string of the molecule is C=CCCCOc1ccc(CN)cc1. The topological polar surface area (TPSA) is 35.2 Å². The minimum Gasteiger partial charge on any atom is -0.494 e. The van der Waals surface area contributed by atoms with E-state index in [1.165, 1.54) is 0 Å². The Morgan fingerprint density at radius 3 is 2.57 bits per heavy atom. The van der Waals surface area contributed by atoms with Crippen molar-refractivity contribution in [2.75, 3.05) is 6.61 Å². The summed E-state index contributed by atoms with van der Waals surface area (Å²) in [5.41, 5.74) is 6.62. The standard InChI is InChI=1S/C12H17NO/c1-2-3-4-9-14-12-7-5-11(10-13)6-8-12/h2,5-8H,1,3-4,9-10,13H2. The molecule has 76 valence electrons. The fraction of sp³-hybridized carbons (Fsp3) is 0.333. The molecule has 0 saturated carbocycles. The lowest BCUT2D eigenvalue weighted by Crippen LogP contribution is -1.98. The molecule has 0 radical (unpaired) electrons. The molecule has 1 aromatic rings. The van der Waals surface area contributed by atoms with Crippen LogP contribution in [0.25, 0.3) is 0 Å². The normalized spacial score (nSPS) is 9.79. The Morgan fingerprint density at radius 1 is 1.29 bits per heavy atom. The van der Waals surface area contributed by atoms with Gasteiger partial charge in [0.25, 0.3) is 0 Å². The van der Waals surface area contributed by atoms with E-state index in [1.807, 2.05) is 30.3 Å². The van der Waals surface area contributed by atoms with Crippen LogP contribution < -0.4 is 10.5 Å². The Hall–Kier alpha value is -1.28. The molecule has 0 aliphatic heterocycles. The molecule has 0 saturated heterocycles. The van der Waals surface area contributed by atoms with Crippen LogP contribution >= 0.6 is 0 Å². The van der Waals surface area contributed by atoms with Gasteiger partial charge < -0.3 is 10.5 Å². The highest BCUT2D eigenvalue weighted by molar-refractivity contribution is 5.26. The first-order chi connectivity index (χ1) is 6.86. The molecule has 0 unspecified atom stereocenters. The van der Waals surface area contributed by atoms with Gasteiger partial charge in [-0.3, -0.25) is 0 Å². The second-order valence-corrected chi connectivity index (χ2v) is 3.13. The van der Waals surface area contributed by atoms with Gasteiger partial charge in [0.2, 0.25) is 0 Å². The summed E-state index contributed by atoms with van der Waals surface area (Å²) in [7, 11) is 0. The number of benzene rings is 1. The Bertz CT molecular complexity index is 266. The summed E-state index contributed by atoms with van der Waals surface area (Å²) in [6.45, 7) is 4.98. The van der Waals surface area contributed by atoms with Crippen molar-refractivity contribution in [1.82, 2.24) is 0 Å². The van der Waals surface area contributed by atoms with Crippen LogP contribution in [0.5, 0.6) is 5.75 Å². The lowest BCUT2D eigenvalue weighted by atomic mass is 10.2. The Labute approximate surface area is 85.4 Å². The van der Waals surface area contributed by atoms with E-state index in [0.29, 0.717) is 6.54 Å². The molecule has 0 heterocycles. The lowest BCUT2D eigenvalue weighted by molar-refractivity contribution is 0.312. The molecule has 14 heavy (non-hydrogen) atoms. The summed E-state index contributed by atoms with van der Waals surface area (Å²) >= 11 is 0. The molecule has 0 spiro atoms. The average Bonchev–Trinajstić information content (AvgIpc) is 2.25. The highest BCUT2D eigenvalue weighted by Crippen LogP contribution is 2.12. The van der Waals surface area contributed by atoms with E-state index in [0.717, 1.165) is 30.8 Å². The number of unbranched alkanes of at least 4 members (excludes halogenated alkanes) is 1. The highest BCUT2D eigenvalue weighted by atomic mass is 16.5. The monoisotopic (exact) mass is 191 g/mol. The van der Waals surface area contributed by atoms with E-state index in [-0.39, 0.29) is 0 Å². The minimum absolute atomic E-state index is 0.580. The smallest absolute Gasteiger partial charge is 0.119 e. The fourth-order valence-electron chi connectivity index (χ4n) is 1.14.